The number of benzene rings is 3. The fraction of sp³-hybridized carbons (Fsp3) is 0.172. The van der Waals surface area contributed by atoms with Crippen molar-refractivity contribution < 1.29 is 18.0 Å². The Balaban J connectivity index is 1.32. The van der Waals surface area contributed by atoms with E-state index >= 15 is 0 Å². The minimum atomic E-state index is -4.46. The number of hydrogen-bond donors (Lipinski definition) is 1. The lowest BCUT2D eigenvalue weighted by atomic mass is 9.97. The first kappa shape index (κ1) is 23.6. The number of anilines is 2. The maximum absolute atomic E-state index is 13.2. The number of carbonyl (C=O) groups excluding carboxylic acids is 1. The minimum Gasteiger partial charge on any atom is -0.371 e. The van der Waals surface area contributed by atoms with E-state index in [2.05, 4.69) is 15.2 Å². The van der Waals surface area contributed by atoms with Crippen LogP contribution in [0, 0.1) is 0 Å². The molecule has 0 atom stereocenters. The molecule has 1 aliphatic heterocycles. The molecule has 0 saturated carbocycles. The molecule has 1 aliphatic rings. The molecule has 0 unspecified atom stereocenters. The van der Waals surface area contributed by atoms with E-state index in [9.17, 15) is 18.0 Å². The predicted octanol–water partition coefficient (Wildman–Crippen LogP) is 6.62. The van der Waals surface area contributed by atoms with Crippen molar-refractivity contribution >= 4 is 17.3 Å². The number of amides is 1. The van der Waals surface area contributed by atoms with Crippen molar-refractivity contribution in [2.24, 2.45) is 0 Å². The van der Waals surface area contributed by atoms with Gasteiger partial charge in [0.1, 0.15) is 0 Å². The molecule has 0 radical (unpaired) electrons. The maximum Gasteiger partial charge on any atom is 0.416 e. The van der Waals surface area contributed by atoms with Crippen molar-refractivity contribution in [1.82, 2.24) is 4.98 Å². The van der Waals surface area contributed by atoms with Crippen LogP contribution in [-0.4, -0.2) is 24.0 Å². The molecule has 36 heavy (non-hydrogen) atoms. The Labute approximate surface area is 207 Å². The summed E-state index contributed by atoms with van der Waals surface area (Å²) in [6, 6.07) is 23.5. The summed E-state index contributed by atoms with van der Waals surface area (Å²) < 4.78 is 39.6. The van der Waals surface area contributed by atoms with E-state index in [1.807, 2.05) is 36.4 Å². The van der Waals surface area contributed by atoms with E-state index in [0.717, 1.165) is 55.0 Å². The Morgan fingerprint density at radius 2 is 1.78 bits per heavy atom. The largest absolute Gasteiger partial charge is 0.416 e. The minimum absolute atomic E-state index is 0.314. The third-order valence-corrected chi connectivity index (χ3v) is 6.37. The molecule has 3 aromatic carbocycles. The predicted molar refractivity (Wildman–Crippen MR) is 135 cm³/mol. The van der Waals surface area contributed by atoms with Gasteiger partial charge in [-0.25, -0.2) is 0 Å². The molecule has 1 amide bonds. The highest BCUT2D eigenvalue weighted by atomic mass is 19.4. The average Bonchev–Trinajstić information content (AvgIpc) is 3.30. The van der Waals surface area contributed by atoms with Gasteiger partial charge in [-0.1, -0.05) is 36.4 Å². The zero-order chi connectivity index (χ0) is 25.1. The molecule has 2 heterocycles. The summed E-state index contributed by atoms with van der Waals surface area (Å²) >= 11 is 0. The molecule has 5 rings (SSSR count). The second kappa shape index (κ2) is 9.85. The van der Waals surface area contributed by atoms with Gasteiger partial charge in [0.15, 0.2) is 0 Å². The fourth-order valence-electron chi connectivity index (χ4n) is 4.57. The Kier molecular flexibility index (Phi) is 6.46. The third-order valence-electron chi connectivity index (χ3n) is 6.37. The second-order valence-electron chi connectivity index (χ2n) is 8.73. The molecule has 1 aromatic heterocycles. The number of fused-ring (bicyclic) bond motifs is 1. The molecule has 182 valence electrons. The lowest BCUT2D eigenvalue weighted by molar-refractivity contribution is -0.137. The van der Waals surface area contributed by atoms with Crippen molar-refractivity contribution in [3.63, 3.8) is 0 Å². The van der Waals surface area contributed by atoms with E-state index in [1.165, 1.54) is 6.07 Å². The summed E-state index contributed by atoms with van der Waals surface area (Å²) in [5.74, 6) is -0.368. The smallest absolute Gasteiger partial charge is 0.371 e. The Morgan fingerprint density at radius 3 is 2.58 bits per heavy atom. The number of nitrogens with zero attached hydrogens (tertiary/aromatic N) is 2. The molecule has 0 fully saturated rings. The third kappa shape index (κ3) is 5.10. The van der Waals surface area contributed by atoms with E-state index < -0.39 is 11.7 Å². The SMILES string of the molecule is O=C(Nc1ccc2c(c1)CCN2CCc1ccccn1)c1ccccc1-c1cccc(C(F)(F)F)c1. The second-order valence-corrected chi connectivity index (χ2v) is 8.73. The van der Waals surface area contributed by atoms with Crippen LogP contribution in [0.3, 0.4) is 0 Å². The first-order valence-electron chi connectivity index (χ1n) is 11.7. The summed E-state index contributed by atoms with van der Waals surface area (Å²) in [6.07, 6.45) is -0.927. The van der Waals surface area contributed by atoms with Crippen LogP contribution < -0.4 is 10.2 Å². The van der Waals surface area contributed by atoms with Gasteiger partial charge in [-0.3, -0.25) is 9.78 Å². The lowest BCUT2D eigenvalue weighted by Gasteiger charge is -2.19. The fourth-order valence-corrected chi connectivity index (χ4v) is 4.57. The summed E-state index contributed by atoms with van der Waals surface area (Å²) in [7, 11) is 0. The van der Waals surface area contributed by atoms with E-state index in [1.54, 1.807) is 36.5 Å². The number of halogens is 3. The average molecular weight is 488 g/mol. The monoisotopic (exact) mass is 487 g/mol. The van der Waals surface area contributed by atoms with Crippen LogP contribution in [0.4, 0.5) is 24.5 Å². The van der Waals surface area contributed by atoms with Crippen LogP contribution in [0.1, 0.15) is 27.2 Å². The summed E-state index contributed by atoms with van der Waals surface area (Å²) in [5.41, 5.74) is 4.36. The van der Waals surface area contributed by atoms with Crippen LogP contribution >= 0.6 is 0 Å². The van der Waals surface area contributed by atoms with Crippen molar-refractivity contribution in [3.8, 4) is 11.1 Å². The van der Waals surface area contributed by atoms with Gasteiger partial charge >= 0.3 is 6.18 Å². The summed E-state index contributed by atoms with van der Waals surface area (Å²) in [4.78, 5) is 19.9. The molecule has 4 aromatic rings. The Morgan fingerprint density at radius 1 is 0.944 bits per heavy atom. The number of pyridine rings is 1. The highest BCUT2D eigenvalue weighted by Gasteiger charge is 2.30. The van der Waals surface area contributed by atoms with Gasteiger partial charge in [0.05, 0.1) is 5.56 Å². The first-order chi connectivity index (χ1) is 17.4. The topological polar surface area (TPSA) is 45.2 Å². The summed E-state index contributed by atoms with van der Waals surface area (Å²) in [5, 5.41) is 2.93. The van der Waals surface area contributed by atoms with Gasteiger partial charge < -0.3 is 10.2 Å². The van der Waals surface area contributed by atoms with Gasteiger partial charge in [0, 0.05) is 48.3 Å². The summed E-state index contributed by atoms with van der Waals surface area (Å²) in [6.45, 7) is 1.76. The zero-order valence-electron chi connectivity index (χ0n) is 19.4. The number of aromatic nitrogens is 1. The number of hydrogen-bond acceptors (Lipinski definition) is 3. The molecular weight excluding hydrogens is 463 g/mol. The van der Waals surface area contributed by atoms with Crippen LogP contribution in [0.15, 0.2) is 91.1 Å². The van der Waals surface area contributed by atoms with Crippen molar-refractivity contribution in [1.29, 1.82) is 0 Å². The molecule has 1 N–H and O–H groups in total. The van der Waals surface area contributed by atoms with E-state index in [-0.39, 0.29) is 5.91 Å². The Bertz CT molecular complexity index is 1390. The first-order valence-corrected chi connectivity index (χ1v) is 11.7. The number of rotatable bonds is 6. The normalized spacial score (nSPS) is 12.9. The molecule has 0 spiro atoms. The highest BCUT2D eigenvalue weighted by Crippen LogP contribution is 2.34. The molecule has 0 saturated heterocycles. The number of carbonyl (C=O) groups is 1. The van der Waals surface area contributed by atoms with Crippen LogP contribution in [-0.2, 0) is 19.0 Å². The van der Waals surface area contributed by atoms with Gasteiger partial charge in [-0.2, -0.15) is 13.2 Å². The van der Waals surface area contributed by atoms with Crippen LogP contribution in [0.5, 0.6) is 0 Å². The molecule has 7 heteroatoms. The Hall–Kier alpha value is -4.13. The van der Waals surface area contributed by atoms with Crippen molar-refractivity contribution in [2.45, 2.75) is 19.0 Å². The molecule has 0 bridgehead atoms. The molecular formula is C29H24F3N3O. The van der Waals surface area contributed by atoms with E-state index in [4.69, 9.17) is 0 Å². The van der Waals surface area contributed by atoms with Gasteiger partial charge in [-0.05, 0) is 71.6 Å². The standard InChI is InChI=1S/C29H24F3N3O/c30-29(31,32)22-7-5-6-20(18-22)25-9-1-2-10-26(25)28(36)34-24-11-12-27-21(19-24)13-16-35(27)17-14-23-8-3-4-15-33-23/h1-12,15,18-19H,13-14,16-17H2,(H,34,36). The van der Waals surface area contributed by atoms with E-state index in [0.29, 0.717) is 22.4 Å². The molecule has 4 nitrogen and oxygen atoms in total. The number of alkyl halides is 3. The quantitative estimate of drug-likeness (QED) is 0.332. The van der Waals surface area contributed by atoms with Crippen LogP contribution in [0.2, 0.25) is 0 Å². The van der Waals surface area contributed by atoms with Crippen molar-refractivity contribution in [2.75, 3.05) is 23.3 Å². The van der Waals surface area contributed by atoms with Gasteiger partial charge in [-0.15, -0.1) is 0 Å². The zero-order valence-corrected chi connectivity index (χ0v) is 19.4. The highest BCUT2D eigenvalue weighted by molar-refractivity contribution is 6.08. The number of nitrogens with one attached hydrogen (secondary N) is 1. The molecule has 0 aliphatic carbocycles. The maximum atomic E-state index is 13.2. The van der Waals surface area contributed by atoms with Crippen LogP contribution in [0.25, 0.3) is 11.1 Å². The van der Waals surface area contributed by atoms with Crippen molar-refractivity contribution in [3.05, 3.63) is 114 Å². The van der Waals surface area contributed by atoms with Gasteiger partial charge in [0.25, 0.3) is 5.91 Å². The lowest BCUT2D eigenvalue weighted by Crippen LogP contribution is -2.23. The van der Waals surface area contributed by atoms with Gasteiger partial charge in [0.2, 0.25) is 0 Å².